The average Bonchev–Trinajstić information content (AvgIpc) is 2.10. The molecule has 1 aromatic carbocycles. The van der Waals surface area contributed by atoms with Crippen LogP contribution >= 0.6 is 0 Å². The van der Waals surface area contributed by atoms with E-state index < -0.39 is 0 Å². The highest BCUT2D eigenvalue weighted by atomic mass is 16.6. The van der Waals surface area contributed by atoms with Crippen LogP contribution in [0.4, 0.5) is 0 Å². The van der Waals surface area contributed by atoms with Crippen LogP contribution < -0.4 is 0 Å². The van der Waals surface area contributed by atoms with Gasteiger partial charge < -0.3 is 15.1 Å². The van der Waals surface area contributed by atoms with E-state index in [1.807, 2.05) is 0 Å². The van der Waals surface area contributed by atoms with Crippen LogP contribution in [0.5, 0.6) is 11.5 Å². The Balaban J connectivity index is 3.15. The summed E-state index contributed by atoms with van der Waals surface area (Å²) in [7, 11) is 1.42. The number of benzene rings is 1. The van der Waals surface area contributed by atoms with E-state index in [0.717, 1.165) is 0 Å². The highest BCUT2D eigenvalue weighted by molar-refractivity contribution is 6.01. The van der Waals surface area contributed by atoms with E-state index in [2.05, 4.69) is 9.99 Å². The number of para-hydroxylation sites is 1. The van der Waals surface area contributed by atoms with Gasteiger partial charge in [-0.2, -0.15) is 0 Å². The van der Waals surface area contributed by atoms with Gasteiger partial charge in [0.25, 0.3) is 0 Å². The van der Waals surface area contributed by atoms with Crippen molar-refractivity contribution in [3.05, 3.63) is 23.8 Å². The predicted molar refractivity (Wildman–Crippen MR) is 49.0 cm³/mol. The monoisotopic (exact) mass is 181 g/mol. The summed E-state index contributed by atoms with van der Waals surface area (Å²) in [6.45, 7) is 1.68. The lowest BCUT2D eigenvalue weighted by molar-refractivity contribution is 0.213. The highest BCUT2D eigenvalue weighted by Crippen LogP contribution is 2.28. The molecular formula is C9H11NO3. The highest BCUT2D eigenvalue weighted by Gasteiger charge is 2.08. The fourth-order valence-electron chi connectivity index (χ4n) is 1.01. The molecule has 0 aliphatic carbocycles. The topological polar surface area (TPSA) is 62.0 Å². The molecule has 1 rings (SSSR count). The van der Waals surface area contributed by atoms with E-state index in [1.165, 1.54) is 13.2 Å². The second kappa shape index (κ2) is 3.80. The first-order valence-electron chi connectivity index (χ1n) is 3.76. The van der Waals surface area contributed by atoms with E-state index in [0.29, 0.717) is 11.3 Å². The molecule has 4 nitrogen and oxygen atoms in total. The number of hydrogen-bond acceptors (Lipinski definition) is 4. The summed E-state index contributed by atoms with van der Waals surface area (Å²) in [5.74, 6) is -0.344. The first-order valence-corrected chi connectivity index (χ1v) is 3.76. The van der Waals surface area contributed by atoms with E-state index in [4.69, 9.17) is 0 Å². The van der Waals surface area contributed by atoms with Crippen LogP contribution in [0.25, 0.3) is 0 Å². The van der Waals surface area contributed by atoms with Crippen LogP contribution in [-0.2, 0) is 4.84 Å². The summed E-state index contributed by atoms with van der Waals surface area (Å²) in [5.41, 5.74) is 0.970. The Morgan fingerprint density at radius 3 is 2.69 bits per heavy atom. The molecule has 0 fully saturated rings. The Kier molecular flexibility index (Phi) is 2.74. The van der Waals surface area contributed by atoms with Gasteiger partial charge in [-0.25, -0.2) is 0 Å². The van der Waals surface area contributed by atoms with Gasteiger partial charge in [-0.3, -0.25) is 0 Å². The summed E-state index contributed by atoms with van der Waals surface area (Å²) in [5, 5.41) is 22.2. The van der Waals surface area contributed by atoms with Crippen LogP contribution in [0.1, 0.15) is 12.5 Å². The normalized spacial score (nSPS) is 11.4. The van der Waals surface area contributed by atoms with Gasteiger partial charge in [0.1, 0.15) is 7.11 Å². The van der Waals surface area contributed by atoms with Crippen molar-refractivity contribution in [1.82, 2.24) is 0 Å². The predicted octanol–water partition coefficient (Wildman–Crippen LogP) is 1.47. The Bertz CT molecular complexity index is 334. The molecule has 0 radical (unpaired) electrons. The third-order valence-electron chi connectivity index (χ3n) is 1.63. The van der Waals surface area contributed by atoms with Crippen molar-refractivity contribution in [2.24, 2.45) is 5.16 Å². The lowest BCUT2D eigenvalue weighted by Gasteiger charge is -2.04. The molecule has 0 aliphatic rings. The quantitative estimate of drug-likeness (QED) is 0.412. The van der Waals surface area contributed by atoms with Gasteiger partial charge in [-0.05, 0) is 19.1 Å². The molecule has 0 amide bonds. The van der Waals surface area contributed by atoms with Crippen molar-refractivity contribution >= 4 is 5.71 Å². The molecule has 0 atom stereocenters. The summed E-state index contributed by atoms with van der Waals surface area (Å²) in [4.78, 5) is 4.55. The maximum absolute atomic E-state index is 9.41. The van der Waals surface area contributed by atoms with Crippen molar-refractivity contribution in [2.45, 2.75) is 6.92 Å². The SMILES string of the molecule is CO/N=C(\C)c1cccc(O)c1O. The van der Waals surface area contributed by atoms with E-state index in [-0.39, 0.29) is 11.5 Å². The van der Waals surface area contributed by atoms with Crippen molar-refractivity contribution in [1.29, 1.82) is 0 Å². The molecule has 1 aromatic rings. The van der Waals surface area contributed by atoms with Crippen molar-refractivity contribution in [3.8, 4) is 11.5 Å². The number of aromatic hydroxyl groups is 2. The molecule has 70 valence electrons. The number of rotatable bonds is 2. The first-order chi connectivity index (χ1) is 6.16. The zero-order valence-electron chi connectivity index (χ0n) is 7.48. The Labute approximate surface area is 76.1 Å². The first kappa shape index (κ1) is 9.38. The number of phenols is 2. The molecule has 2 N–H and O–H groups in total. The van der Waals surface area contributed by atoms with Crippen molar-refractivity contribution in [3.63, 3.8) is 0 Å². The van der Waals surface area contributed by atoms with Gasteiger partial charge in [0.15, 0.2) is 11.5 Å². The van der Waals surface area contributed by atoms with Crippen molar-refractivity contribution in [2.75, 3.05) is 7.11 Å². The third kappa shape index (κ3) is 1.90. The largest absolute Gasteiger partial charge is 0.504 e. The van der Waals surface area contributed by atoms with Gasteiger partial charge in [0.05, 0.1) is 5.71 Å². The van der Waals surface area contributed by atoms with Crippen LogP contribution in [0.3, 0.4) is 0 Å². The molecule has 13 heavy (non-hydrogen) atoms. The summed E-state index contributed by atoms with van der Waals surface area (Å²) in [6.07, 6.45) is 0. The summed E-state index contributed by atoms with van der Waals surface area (Å²) in [6, 6.07) is 4.67. The molecule has 0 bridgehead atoms. The van der Waals surface area contributed by atoms with Crippen molar-refractivity contribution < 1.29 is 15.1 Å². The Morgan fingerprint density at radius 2 is 2.08 bits per heavy atom. The summed E-state index contributed by atoms with van der Waals surface area (Å²) < 4.78 is 0. The van der Waals surface area contributed by atoms with Crippen LogP contribution in [0.2, 0.25) is 0 Å². The number of phenolic OH excluding ortho intramolecular Hbond substituents is 2. The van der Waals surface area contributed by atoms with E-state index in [1.54, 1.807) is 19.1 Å². The van der Waals surface area contributed by atoms with E-state index in [9.17, 15) is 10.2 Å². The fraction of sp³-hybridized carbons (Fsp3) is 0.222. The maximum Gasteiger partial charge on any atom is 0.166 e. The van der Waals surface area contributed by atoms with Gasteiger partial charge in [-0.1, -0.05) is 11.2 Å². The molecule has 0 saturated carbocycles. The number of nitrogens with zero attached hydrogens (tertiary/aromatic N) is 1. The summed E-state index contributed by atoms with van der Waals surface area (Å²) >= 11 is 0. The fourth-order valence-corrected chi connectivity index (χ4v) is 1.01. The maximum atomic E-state index is 9.41. The van der Waals surface area contributed by atoms with Crippen LogP contribution in [-0.4, -0.2) is 23.0 Å². The zero-order chi connectivity index (χ0) is 9.84. The Hall–Kier alpha value is -1.71. The Morgan fingerprint density at radius 1 is 1.38 bits per heavy atom. The molecule has 0 saturated heterocycles. The molecule has 0 aromatic heterocycles. The molecule has 0 aliphatic heterocycles. The molecule has 4 heteroatoms. The van der Waals surface area contributed by atoms with E-state index >= 15 is 0 Å². The lowest BCUT2D eigenvalue weighted by Crippen LogP contribution is -1.95. The number of hydrogen-bond donors (Lipinski definition) is 2. The average molecular weight is 181 g/mol. The molecule has 0 unspecified atom stereocenters. The van der Waals surface area contributed by atoms with Gasteiger partial charge in [-0.15, -0.1) is 0 Å². The smallest absolute Gasteiger partial charge is 0.166 e. The zero-order valence-corrected chi connectivity index (χ0v) is 7.48. The van der Waals surface area contributed by atoms with Crippen LogP contribution in [0.15, 0.2) is 23.4 Å². The molecule has 0 spiro atoms. The van der Waals surface area contributed by atoms with Gasteiger partial charge >= 0.3 is 0 Å². The lowest BCUT2D eigenvalue weighted by atomic mass is 10.1. The number of oxime groups is 1. The molecule has 0 heterocycles. The minimum atomic E-state index is -0.180. The van der Waals surface area contributed by atoms with Gasteiger partial charge in [0, 0.05) is 5.56 Å². The third-order valence-corrected chi connectivity index (χ3v) is 1.63. The van der Waals surface area contributed by atoms with Crippen LogP contribution in [0, 0.1) is 0 Å². The van der Waals surface area contributed by atoms with Gasteiger partial charge in [0.2, 0.25) is 0 Å². The minimum Gasteiger partial charge on any atom is -0.504 e. The minimum absolute atomic E-state index is 0.164. The second-order valence-electron chi connectivity index (χ2n) is 2.53. The standard InChI is InChI=1S/C9H11NO3/c1-6(10-13-2)7-4-3-5-8(11)9(7)12/h3-5,11-12H,1-2H3/b10-6+. The molecular weight excluding hydrogens is 170 g/mol. The second-order valence-corrected chi connectivity index (χ2v) is 2.53.